The summed E-state index contributed by atoms with van der Waals surface area (Å²) in [7, 11) is 1.93. The minimum atomic E-state index is -0.970. The molecule has 6 heteroatoms. The zero-order valence-electron chi connectivity index (χ0n) is 9.77. The Morgan fingerprint density at radius 2 is 2.38 bits per heavy atom. The van der Waals surface area contributed by atoms with Crippen molar-refractivity contribution in [1.29, 1.82) is 0 Å². The highest BCUT2D eigenvalue weighted by atomic mass is 16.4. The minimum Gasteiger partial charge on any atom is -0.465 e. The lowest BCUT2D eigenvalue weighted by molar-refractivity contribution is -0.124. The molecule has 6 nitrogen and oxygen atoms in total. The predicted molar refractivity (Wildman–Crippen MR) is 59.3 cm³/mol. The molecule has 1 heterocycles. The van der Waals surface area contributed by atoms with Crippen LogP contribution in [0.4, 0.5) is 4.79 Å². The van der Waals surface area contributed by atoms with E-state index in [0.717, 1.165) is 6.54 Å². The zero-order valence-corrected chi connectivity index (χ0v) is 9.77. The lowest BCUT2D eigenvalue weighted by Gasteiger charge is -2.24. The van der Waals surface area contributed by atoms with Crippen molar-refractivity contribution in [3.05, 3.63) is 0 Å². The Kier molecular flexibility index (Phi) is 4.54. The number of nitrogens with zero attached hydrogens (tertiary/aromatic N) is 2. The van der Waals surface area contributed by atoms with E-state index in [2.05, 4.69) is 5.32 Å². The summed E-state index contributed by atoms with van der Waals surface area (Å²) in [4.78, 5) is 25.8. The Morgan fingerprint density at radius 3 is 2.94 bits per heavy atom. The molecule has 1 atom stereocenters. The Balaban J connectivity index is 2.61. The predicted octanol–water partition coefficient (Wildman–Crippen LogP) is -0.336. The van der Waals surface area contributed by atoms with E-state index in [1.54, 1.807) is 6.92 Å². The van der Waals surface area contributed by atoms with E-state index in [9.17, 15) is 9.59 Å². The molecule has 1 rings (SSSR count). The molecule has 2 amide bonds. The van der Waals surface area contributed by atoms with Crippen LogP contribution < -0.4 is 5.32 Å². The molecule has 0 bridgehead atoms. The summed E-state index contributed by atoms with van der Waals surface area (Å²) in [5.74, 6) is -0.326. The fourth-order valence-corrected chi connectivity index (χ4v) is 1.81. The maximum atomic E-state index is 11.7. The van der Waals surface area contributed by atoms with Crippen LogP contribution in [0.2, 0.25) is 0 Å². The van der Waals surface area contributed by atoms with Crippen molar-refractivity contribution < 1.29 is 14.7 Å². The van der Waals surface area contributed by atoms with E-state index in [1.165, 1.54) is 4.90 Å². The SMILES string of the molecule is CCN(CC1CN(C)CCNC1=O)C(=O)O. The van der Waals surface area contributed by atoms with Gasteiger partial charge >= 0.3 is 6.09 Å². The number of likely N-dealkylation sites (N-methyl/N-ethyl adjacent to an activating group) is 1. The summed E-state index contributed by atoms with van der Waals surface area (Å²) in [6, 6.07) is 0. The number of amides is 2. The molecule has 1 saturated heterocycles. The van der Waals surface area contributed by atoms with E-state index in [0.29, 0.717) is 19.6 Å². The molecule has 16 heavy (non-hydrogen) atoms. The second-order valence-corrected chi connectivity index (χ2v) is 4.07. The number of rotatable bonds is 3. The molecule has 0 saturated carbocycles. The van der Waals surface area contributed by atoms with Gasteiger partial charge in [-0.3, -0.25) is 4.79 Å². The van der Waals surface area contributed by atoms with Crippen molar-refractivity contribution >= 4 is 12.0 Å². The molecule has 1 fully saturated rings. The van der Waals surface area contributed by atoms with Crippen LogP contribution in [0.15, 0.2) is 0 Å². The maximum Gasteiger partial charge on any atom is 0.407 e. The maximum absolute atomic E-state index is 11.7. The van der Waals surface area contributed by atoms with E-state index >= 15 is 0 Å². The van der Waals surface area contributed by atoms with Gasteiger partial charge in [0, 0.05) is 32.7 Å². The van der Waals surface area contributed by atoms with Gasteiger partial charge in [0.1, 0.15) is 0 Å². The van der Waals surface area contributed by atoms with Gasteiger partial charge in [-0.15, -0.1) is 0 Å². The molecule has 0 aromatic heterocycles. The normalized spacial score (nSPS) is 22.4. The van der Waals surface area contributed by atoms with Gasteiger partial charge in [0.2, 0.25) is 5.91 Å². The third-order valence-corrected chi connectivity index (χ3v) is 2.79. The monoisotopic (exact) mass is 229 g/mol. The summed E-state index contributed by atoms with van der Waals surface area (Å²) < 4.78 is 0. The van der Waals surface area contributed by atoms with Gasteiger partial charge in [-0.25, -0.2) is 4.79 Å². The van der Waals surface area contributed by atoms with Crippen LogP contribution in [-0.2, 0) is 4.79 Å². The molecule has 0 spiro atoms. The van der Waals surface area contributed by atoms with Gasteiger partial charge in [-0.1, -0.05) is 0 Å². The summed E-state index contributed by atoms with van der Waals surface area (Å²) in [5.41, 5.74) is 0. The first kappa shape index (κ1) is 12.8. The Bertz CT molecular complexity index is 270. The summed E-state index contributed by atoms with van der Waals surface area (Å²) in [6.07, 6.45) is -0.970. The van der Waals surface area contributed by atoms with Crippen LogP contribution in [0.1, 0.15) is 6.92 Å². The highest BCUT2D eigenvalue weighted by Crippen LogP contribution is 2.06. The van der Waals surface area contributed by atoms with Crippen LogP contribution in [0.5, 0.6) is 0 Å². The molecule has 0 aliphatic carbocycles. The average Bonchev–Trinajstić information content (AvgIpc) is 2.37. The standard InChI is InChI=1S/C10H19N3O3/c1-3-13(10(15)16)7-8-6-12(2)5-4-11-9(8)14/h8H,3-7H2,1-2H3,(H,11,14)(H,15,16). The van der Waals surface area contributed by atoms with Gasteiger partial charge in [0.05, 0.1) is 5.92 Å². The van der Waals surface area contributed by atoms with Gasteiger partial charge < -0.3 is 20.2 Å². The number of carbonyl (C=O) groups excluding carboxylic acids is 1. The van der Waals surface area contributed by atoms with Crippen LogP contribution >= 0.6 is 0 Å². The summed E-state index contributed by atoms with van der Waals surface area (Å²) in [5, 5.41) is 11.7. The number of hydrogen-bond acceptors (Lipinski definition) is 3. The topological polar surface area (TPSA) is 72.9 Å². The van der Waals surface area contributed by atoms with Crippen molar-refractivity contribution in [3.63, 3.8) is 0 Å². The molecular weight excluding hydrogens is 210 g/mol. The van der Waals surface area contributed by atoms with Crippen molar-refractivity contribution in [1.82, 2.24) is 15.1 Å². The molecule has 0 radical (unpaired) electrons. The highest BCUT2D eigenvalue weighted by Gasteiger charge is 2.26. The third kappa shape index (κ3) is 3.37. The first-order valence-electron chi connectivity index (χ1n) is 5.48. The third-order valence-electron chi connectivity index (χ3n) is 2.79. The molecule has 0 aromatic rings. The van der Waals surface area contributed by atoms with Crippen LogP contribution in [0.25, 0.3) is 0 Å². The van der Waals surface area contributed by atoms with E-state index in [-0.39, 0.29) is 18.4 Å². The van der Waals surface area contributed by atoms with Crippen molar-refractivity contribution in [3.8, 4) is 0 Å². The van der Waals surface area contributed by atoms with Crippen LogP contribution in [-0.4, -0.2) is 66.7 Å². The molecular formula is C10H19N3O3. The largest absolute Gasteiger partial charge is 0.465 e. The molecule has 92 valence electrons. The number of carbonyl (C=O) groups is 2. The van der Waals surface area contributed by atoms with Crippen molar-refractivity contribution in [2.45, 2.75) is 6.92 Å². The summed E-state index contributed by atoms with van der Waals surface area (Å²) in [6.45, 7) is 4.49. The Labute approximate surface area is 95.2 Å². The Hall–Kier alpha value is -1.30. The summed E-state index contributed by atoms with van der Waals surface area (Å²) >= 11 is 0. The number of nitrogens with one attached hydrogen (secondary N) is 1. The average molecular weight is 229 g/mol. The fraction of sp³-hybridized carbons (Fsp3) is 0.800. The molecule has 0 aromatic carbocycles. The highest BCUT2D eigenvalue weighted by molar-refractivity contribution is 5.80. The minimum absolute atomic E-state index is 0.0518. The lowest BCUT2D eigenvalue weighted by Crippen LogP contribution is -2.42. The smallest absolute Gasteiger partial charge is 0.407 e. The first-order chi connectivity index (χ1) is 7.54. The van der Waals surface area contributed by atoms with Crippen molar-refractivity contribution in [2.24, 2.45) is 5.92 Å². The molecule has 1 aliphatic heterocycles. The van der Waals surface area contributed by atoms with E-state index in [4.69, 9.17) is 5.11 Å². The lowest BCUT2D eigenvalue weighted by atomic mass is 10.1. The van der Waals surface area contributed by atoms with Gasteiger partial charge in [0.25, 0.3) is 0 Å². The number of carboxylic acid groups (broad SMARTS) is 1. The number of hydrogen-bond donors (Lipinski definition) is 2. The Morgan fingerprint density at radius 1 is 1.69 bits per heavy atom. The first-order valence-corrected chi connectivity index (χ1v) is 5.48. The van der Waals surface area contributed by atoms with Gasteiger partial charge in [-0.2, -0.15) is 0 Å². The van der Waals surface area contributed by atoms with E-state index < -0.39 is 6.09 Å². The van der Waals surface area contributed by atoms with Gasteiger partial charge in [-0.05, 0) is 14.0 Å². The quantitative estimate of drug-likeness (QED) is 0.694. The second kappa shape index (κ2) is 5.69. The van der Waals surface area contributed by atoms with Crippen LogP contribution in [0, 0.1) is 5.92 Å². The van der Waals surface area contributed by atoms with Crippen molar-refractivity contribution in [2.75, 3.05) is 39.8 Å². The van der Waals surface area contributed by atoms with Gasteiger partial charge in [0.15, 0.2) is 0 Å². The zero-order chi connectivity index (χ0) is 12.1. The molecule has 1 aliphatic rings. The van der Waals surface area contributed by atoms with E-state index in [1.807, 2.05) is 11.9 Å². The second-order valence-electron chi connectivity index (χ2n) is 4.07. The molecule has 2 N–H and O–H groups in total. The van der Waals surface area contributed by atoms with Crippen LogP contribution in [0.3, 0.4) is 0 Å². The molecule has 1 unspecified atom stereocenters. The fourth-order valence-electron chi connectivity index (χ4n) is 1.81.